The molecular formula is C16H23N3. The van der Waals surface area contributed by atoms with Crippen molar-refractivity contribution in [1.29, 1.82) is 0 Å². The molecular weight excluding hydrogens is 234 g/mol. The molecule has 0 bridgehead atoms. The van der Waals surface area contributed by atoms with E-state index in [9.17, 15) is 0 Å². The molecule has 1 N–H and O–H groups in total. The summed E-state index contributed by atoms with van der Waals surface area (Å²) in [7, 11) is 4.00. The minimum atomic E-state index is 0.505. The van der Waals surface area contributed by atoms with Gasteiger partial charge in [0, 0.05) is 19.3 Å². The lowest BCUT2D eigenvalue weighted by Crippen LogP contribution is -2.28. The van der Waals surface area contributed by atoms with Gasteiger partial charge in [-0.3, -0.25) is 4.68 Å². The molecule has 3 nitrogen and oxygen atoms in total. The number of aryl methyl sites for hydroxylation is 3. The lowest BCUT2D eigenvalue weighted by Gasteiger charge is -2.15. The third kappa shape index (κ3) is 4.21. The zero-order valence-electron chi connectivity index (χ0n) is 12.1. The van der Waals surface area contributed by atoms with Gasteiger partial charge < -0.3 is 5.32 Å². The van der Waals surface area contributed by atoms with Crippen LogP contribution in [0.3, 0.4) is 0 Å². The van der Waals surface area contributed by atoms with Crippen molar-refractivity contribution in [1.82, 2.24) is 15.1 Å². The van der Waals surface area contributed by atoms with Gasteiger partial charge in [-0.05, 0) is 44.4 Å². The van der Waals surface area contributed by atoms with E-state index in [4.69, 9.17) is 0 Å². The van der Waals surface area contributed by atoms with Crippen LogP contribution in [0.2, 0.25) is 0 Å². The summed E-state index contributed by atoms with van der Waals surface area (Å²) in [4.78, 5) is 0. The average Bonchev–Trinajstić information content (AvgIpc) is 2.82. The predicted octanol–water partition coefficient (Wildman–Crippen LogP) is 2.49. The Kier molecular flexibility index (Phi) is 4.74. The summed E-state index contributed by atoms with van der Waals surface area (Å²) < 4.78 is 1.86. The summed E-state index contributed by atoms with van der Waals surface area (Å²) in [5, 5.41) is 7.63. The molecule has 19 heavy (non-hydrogen) atoms. The first kappa shape index (κ1) is 13.8. The minimum absolute atomic E-state index is 0.505. The van der Waals surface area contributed by atoms with Crippen LogP contribution in [0.4, 0.5) is 0 Å². The molecule has 0 radical (unpaired) electrons. The van der Waals surface area contributed by atoms with E-state index in [1.807, 2.05) is 25.0 Å². The van der Waals surface area contributed by atoms with Crippen LogP contribution < -0.4 is 5.32 Å². The molecule has 1 heterocycles. The molecule has 0 amide bonds. The lowest BCUT2D eigenvalue weighted by atomic mass is 10.0. The number of rotatable bonds is 6. The molecule has 3 heteroatoms. The van der Waals surface area contributed by atoms with Crippen LogP contribution in [0.5, 0.6) is 0 Å². The van der Waals surface area contributed by atoms with Crippen LogP contribution in [-0.2, 0) is 19.9 Å². The molecule has 1 atom stereocenters. The van der Waals surface area contributed by atoms with Crippen LogP contribution in [0.25, 0.3) is 0 Å². The van der Waals surface area contributed by atoms with Gasteiger partial charge in [-0.2, -0.15) is 5.10 Å². The van der Waals surface area contributed by atoms with E-state index < -0.39 is 0 Å². The van der Waals surface area contributed by atoms with Crippen LogP contribution >= 0.6 is 0 Å². The fourth-order valence-corrected chi connectivity index (χ4v) is 2.31. The maximum absolute atomic E-state index is 4.22. The van der Waals surface area contributed by atoms with E-state index >= 15 is 0 Å². The third-order valence-electron chi connectivity index (χ3n) is 3.55. The van der Waals surface area contributed by atoms with Crippen LogP contribution in [0, 0.1) is 6.92 Å². The number of likely N-dealkylation sites (N-methyl/N-ethyl adjacent to an activating group) is 1. The fourth-order valence-electron chi connectivity index (χ4n) is 2.31. The molecule has 0 saturated carbocycles. The molecule has 0 aliphatic heterocycles. The number of hydrogen-bond donors (Lipinski definition) is 1. The Morgan fingerprint density at radius 1 is 1.21 bits per heavy atom. The van der Waals surface area contributed by atoms with E-state index in [-0.39, 0.29) is 0 Å². The Hall–Kier alpha value is -1.61. The summed E-state index contributed by atoms with van der Waals surface area (Å²) in [5.41, 5.74) is 4.03. The first-order valence-corrected chi connectivity index (χ1v) is 6.87. The molecule has 2 rings (SSSR count). The molecule has 1 unspecified atom stereocenters. The molecule has 1 aromatic carbocycles. The summed E-state index contributed by atoms with van der Waals surface area (Å²) in [5.74, 6) is 0. The monoisotopic (exact) mass is 257 g/mol. The fraction of sp³-hybridized carbons (Fsp3) is 0.438. The van der Waals surface area contributed by atoms with E-state index in [1.54, 1.807) is 0 Å². The minimum Gasteiger partial charge on any atom is -0.317 e. The summed E-state index contributed by atoms with van der Waals surface area (Å²) in [6, 6.07) is 9.33. The van der Waals surface area contributed by atoms with Crippen molar-refractivity contribution >= 4 is 0 Å². The molecule has 0 aliphatic rings. The Labute approximate surface area is 115 Å². The summed E-state index contributed by atoms with van der Waals surface area (Å²) in [6.45, 7) is 2.13. The third-order valence-corrected chi connectivity index (χ3v) is 3.55. The second kappa shape index (κ2) is 6.53. The zero-order valence-corrected chi connectivity index (χ0v) is 12.1. The van der Waals surface area contributed by atoms with Crippen LogP contribution in [-0.4, -0.2) is 22.9 Å². The first-order valence-electron chi connectivity index (χ1n) is 6.87. The van der Waals surface area contributed by atoms with E-state index in [0.29, 0.717) is 6.04 Å². The second-order valence-corrected chi connectivity index (χ2v) is 5.24. The quantitative estimate of drug-likeness (QED) is 0.861. The highest BCUT2D eigenvalue weighted by molar-refractivity contribution is 5.21. The normalized spacial score (nSPS) is 12.6. The van der Waals surface area contributed by atoms with Crippen molar-refractivity contribution in [2.75, 3.05) is 7.05 Å². The molecule has 0 spiro atoms. The maximum Gasteiger partial charge on any atom is 0.0522 e. The van der Waals surface area contributed by atoms with Gasteiger partial charge in [-0.25, -0.2) is 0 Å². The first-order chi connectivity index (χ1) is 9.17. The number of hydrogen-bond acceptors (Lipinski definition) is 2. The van der Waals surface area contributed by atoms with Gasteiger partial charge in [0.15, 0.2) is 0 Å². The van der Waals surface area contributed by atoms with Gasteiger partial charge in [0.05, 0.1) is 6.20 Å². The number of nitrogens with zero attached hydrogens (tertiary/aromatic N) is 2. The van der Waals surface area contributed by atoms with Crippen molar-refractivity contribution in [3.63, 3.8) is 0 Å². The molecule has 0 aliphatic carbocycles. The predicted molar refractivity (Wildman–Crippen MR) is 79.3 cm³/mol. The molecule has 1 aromatic heterocycles. The van der Waals surface area contributed by atoms with Gasteiger partial charge in [-0.1, -0.05) is 29.8 Å². The van der Waals surface area contributed by atoms with E-state index in [2.05, 4.69) is 47.8 Å². The van der Waals surface area contributed by atoms with E-state index in [1.165, 1.54) is 16.7 Å². The number of aromatic nitrogens is 2. The van der Waals surface area contributed by atoms with Gasteiger partial charge in [0.2, 0.25) is 0 Å². The van der Waals surface area contributed by atoms with Gasteiger partial charge in [0.1, 0.15) is 0 Å². The molecule has 0 saturated heterocycles. The number of benzene rings is 1. The smallest absolute Gasteiger partial charge is 0.0522 e. The van der Waals surface area contributed by atoms with E-state index in [0.717, 1.165) is 19.3 Å². The topological polar surface area (TPSA) is 29.9 Å². The highest BCUT2D eigenvalue weighted by Crippen LogP contribution is 2.10. The lowest BCUT2D eigenvalue weighted by molar-refractivity contribution is 0.520. The Morgan fingerprint density at radius 3 is 2.53 bits per heavy atom. The van der Waals surface area contributed by atoms with Crippen molar-refractivity contribution in [2.24, 2.45) is 7.05 Å². The van der Waals surface area contributed by atoms with Gasteiger partial charge >= 0.3 is 0 Å². The van der Waals surface area contributed by atoms with Crippen molar-refractivity contribution in [2.45, 2.75) is 32.2 Å². The van der Waals surface area contributed by atoms with Gasteiger partial charge in [0.25, 0.3) is 0 Å². The average molecular weight is 257 g/mol. The molecule has 0 fully saturated rings. The Balaban J connectivity index is 1.87. The van der Waals surface area contributed by atoms with Crippen LogP contribution in [0.15, 0.2) is 36.7 Å². The van der Waals surface area contributed by atoms with Crippen molar-refractivity contribution < 1.29 is 0 Å². The SMILES string of the molecule is CNC(CCc1ccc(C)cc1)Cc1cnn(C)c1. The maximum atomic E-state index is 4.22. The second-order valence-electron chi connectivity index (χ2n) is 5.24. The molecule has 2 aromatic rings. The number of nitrogens with one attached hydrogen (secondary N) is 1. The van der Waals surface area contributed by atoms with Crippen LogP contribution in [0.1, 0.15) is 23.1 Å². The Bertz CT molecular complexity index is 499. The largest absolute Gasteiger partial charge is 0.317 e. The highest BCUT2D eigenvalue weighted by Gasteiger charge is 2.08. The van der Waals surface area contributed by atoms with Crippen molar-refractivity contribution in [3.05, 3.63) is 53.3 Å². The van der Waals surface area contributed by atoms with Crippen molar-refractivity contribution in [3.8, 4) is 0 Å². The Morgan fingerprint density at radius 2 is 1.95 bits per heavy atom. The summed E-state index contributed by atoms with van der Waals surface area (Å²) >= 11 is 0. The molecule has 102 valence electrons. The highest BCUT2D eigenvalue weighted by atomic mass is 15.2. The zero-order chi connectivity index (χ0) is 13.7. The standard InChI is InChI=1S/C16H23N3/c1-13-4-6-14(7-5-13)8-9-16(17-2)10-15-11-18-19(3)12-15/h4-7,11-12,16-17H,8-10H2,1-3H3. The van der Waals surface area contributed by atoms with Gasteiger partial charge in [-0.15, -0.1) is 0 Å². The summed E-state index contributed by atoms with van der Waals surface area (Å²) in [6.07, 6.45) is 7.35.